The first-order valence-corrected chi connectivity index (χ1v) is 8.38. The Labute approximate surface area is 147 Å². The van der Waals surface area contributed by atoms with E-state index >= 15 is 0 Å². The normalized spacial score (nSPS) is 20.8. The highest BCUT2D eigenvalue weighted by Crippen LogP contribution is 2.36. The molecule has 0 spiro atoms. The summed E-state index contributed by atoms with van der Waals surface area (Å²) < 4.78 is 4.65. The Balaban J connectivity index is 2.31. The highest BCUT2D eigenvalue weighted by atomic mass is 35.5. The second-order valence-corrected chi connectivity index (χ2v) is 6.18. The lowest BCUT2D eigenvalue weighted by Crippen LogP contribution is -2.44. The SMILES string of the molecule is C=CCC(=O)N1[C@@H](/C=C/C(=O)OC)CCC[C@H]1c1ccc(Cl)cc1. The van der Waals surface area contributed by atoms with Crippen molar-refractivity contribution in [3.8, 4) is 0 Å². The third kappa shape index (κ3) is 4.48. The van der Waals surface area contributed by atoms with Crippen LogP contribution in [0.2, 0.25) is 5.02 Å². The van der Waals surface area contributed by atoms with E-state index in [9.17, 15) is 9.59 Å². The van der Waals surface area contributed by atoms with Crippen LogP contribution in [0.25, 0.3) is 0 Å². The van der Waals surface area contributed by atoms with E-state index in [1.165, 1.54) is 13.2 Å². The molecule has 0 aliphatic carbocycles. The van der Waals surface area contributed by atoms with E-state index in [1.807, 2.05) is 29.2 Å². The molecule has 4 nitrogen and oxygen atoms in total. The summed E-state index contributed by atoms with van der Waals surface area (Å²) in [7, 11) is 1.34. The molecule has 1 aliphatic rings. The van der Waals surface area contributed by atoms with E-state index in [0.29, 0.717) is 5.02 Å². The summed E-state index contributed by atoms with van der Waals surface area (Å²) in [6.45, 7) is 3.66. The molecule has 0 radical (unpaired) electrons. The number of rotatable bonds is 5. The first-order valence-electron chi connectivity index (χ1n) is 8.00. The van der Waals surface area contributed by atoms with Gasteiger partial charge in [0.2, 0.25) is 5.91 Å². The molecule has 2 rings (SSSR count). The van der Waals surface area contributed by atoms with Gasteiger partial charge < -0.3 is 9.64 Å². The molecule has 5 heteroatoms. The van der Waals surface area contributed by atoms with Gasteiger partial charge >= 0.3 is 5.97 Å². The number of ether oxygens (including phenoxy) is 1. The van der Waals surface area contributed by atoms with Crippen LogP contribution in [-0.2, 0) is 14.3 Å². The molecule has 1 saturated heterocycles. The van der Waals surface area contributed by atoms with E-state index in [-0.39, 0.29) is 24.4 Å². The summed E-state index contributed by atoms with van der Waals surface area (Å²) >= 11 is 5.97. The molecule has 0 bridgehead atoms. The largest absolute Gasteiger partial charge is 0.466 e. The molecule has 1 aromatic carbocycles. The molecule has 1 amide bonds. The summed E-state index contributed by atoms with van der Waals surface area (Å²) in [5, 5.41) is 0.667. The van der Waals surface area contributed by atoms with Crippen molar-refractivity contribution in [1.82, 2.24) is 4.90 Å². The van der Waals surface area contributed by atoms with Crippen LogP contribution in [0.5, 0.6) is 0 Å². The second kappa shape index (κ2) is 8.69. The van der Waals surface area contributed by atoms with Crippen LogP contribution < -0.4 is 0 Å². The summed E-state index contributed by atoms with van der Waals surface area (Å²) in [5.41, 5.74) is 1.05. The zero-order valence-corrected chi connectivity index (χ0v) is 14.5. The predicted molar refractivity (Wildman–Crippen MR) is 94.6 cm³/mol. The van der Waals surface area contributed by atoms with Gasteiger partial charge in [0, 0.05) is 17.5 Å². The standard InChI is InChI=1S/C19H22ClNO3/c1-3-5-18(22)21-16(12-13-19(23)24-2)6-4-7-17(21)14-8-10-15(20)11-9-14/h3,8-13,16-17H,1,4-7H2,2H3/b13-12+/t16-,17+/m1/s1. The van der Waals surface area contributed by atoms with Gasteiger partial charge in [-0.15, -0.1) is 6.58 Å². The number of likely N-dealkylation sites (tertiary alicyclic amines) is 1. The zero-order valence-electron chi connectivity index (χ0n) is 13.8. The summed E-state index contributed by atoms with van der Waals surface area (Å²) in [6.07, 6.45) is 7.70. The average Bonchev–Trinajstić information content (AvgIpc) is 2.60. The minimum Gasteiger partial charge on any atom is -0.466 e. The fourth-order valence-electron chi connectivity index (χ4n) is 3.08. The van der Waals surface area contributed by atoms with Gasteiger partial charge in [-0.25, -0.2) is 4.79 Å². The Morgan fingerprint density at radius 3 is 2.67 bits per heavy atom. The van der Waals surface area contributed by atoms with E-state index < -0.39 is 5.97 Å². The number of methoxy groups -OCH3 is 1. The van der Waals surface area contributed by atoms with Crippen molar-refractivity contribution in [2.75, 3.05) is 7.11 Å². The van der Waals surface area contributed by atoms with Crippen molar-refractivity contribution in [1.29, 1.82) is 0 Å². The van der Waals surface area contributed by atoms with Gasteiger partial charge in [0.15, 0.2) is 0 Å². The summed E-state index contributed by atoms with van der Waals surface area (Å²) in [4.78, 5) is 25.9. The van der Waals surface area contributed by atoms with Crippen molar-refractivity contribution in [2.24, 2.45) is 0 Å². The van der Waals surface area contributed by atoms with E-state index in [1.54, 1.807) is 12.2 Å². The smallest absolute Gasteiger partial charge is 0.330 e. The maximum atomic E-state index is 12.7. The number of amides is 1. The molecule has 2 atom stereocenters. The number of halogens is 1. The monoisotopic (exact) mass is 347 g/mol. The Kier molecular flexibility index (Phi) is 6.62. The molecule has 1 aromatic rings. The van der Waals surface area contributed by atoms with E-state index in [2.05, 4.69) is 11.3 Å². The number of nitrogens with zero attached hydrogens (tertiary/aromatic N) is 1. The van der Waals surface area contributed by atoms with Gasteiger partial charge in [0.1, 0.15) is 0 Å². The molecule has 1 fully saturated rings. The Morgan fingerprint density at radius 1 is 1.33 bits per heavy atom. The third-order valence-corrected chi connectivity index (χ3v) is 4.44. The minimum absolute atomic E-state index is 0.00386. The summed E-state index contributed by atoms with van der Waals surface area (Å²) in [5.74, 6) is -0.413. The van der Waals surface area contributed by atoms with Gasteiger partial charge in [0.25, 0.3) is 0 Å². The van der Waals surface area contributed by atoms with Gasteiger partial charge in [-0.2, -0.15) is 0 Å². The van der Waals surface area contributed by atoms with Gasteiger partial charge in [-0.05, 0) is 37.0 Å². The van der Waals surface area contributed by atoms with Gasteiger partial charge in [-0.3, -0.25) is 4.79 Å². The van der Waals surface area contributed by atoms with Crippen LogP contribution in [-0.4, -0.2) is 29.9 Å². The molecule has 1 heterocycles. The van der Waals surface area contributed by atoms with Crippen LogP contribution in [0.4, 0.5) is 0 Å². The molecule has 0 saturated carbocycles. The molecule has 24 heavy (non-hydrogen) atoms. The number of hydrogen-bond donors (Lipinski definition) is 0. The molecule has 0 unspecified atom stereocenters. The minimum atomic E-state index is -0.417. The van der Waals surface area contributed by atoms with Gasteiger partial charge in [0.05, 0.1) is 19.2 Å². The quantitative estimate of drug-likeness (QED) is 0.458. The van der Waals surface area contributed by atoms with Crippen LogP contribution in [0.3, 0.4) is 0 Å². The number of benzene rings is 1. The first kappa shape index (κ1) is 18.3. The zero-order chi connectivity index (χ0) is 17.5. The Morgan fingerprint density at radius 2 is 2.04 bits per heavy atom. The van der Waals surface area contributed by atoms with Gasteiger partial charge in [-0.1, -0.05) is 35.9 Å². The fourth-order valence-corrected chi connectivity index (χ4v) is 3.20. The Bertz CT molecular complexity index is 624. The number of hydrogen-bond acceptors (Lipinski definition) is 3. The molecule has 1 aliphatic heterocycles. The number of carbonyl (C=O) groups excluding carboxylic acids is 2. The number of esters is 1. The van der Waals surface area contributed by atoms with Crippen LogP contribution in [0.15, 0.2) is 49.1 Å². The van der Waals surface area contributed by atoms with Crippen LogP contribution in [0, 0.1) is 0 Å². The lowest BCUT2D eigenvalue weighted by molar-refractivity contribution is -0.137. The van der Waals surface area contributed by atoms with Crippen molar-refractivity contribution in [3.63, 3.8) is 0 Å². The summed E-state index contributed by atoms with van der Waals surface area (Å²) in [6, 6.07) is 7.41. The molecule has 0 N–H and O–H groups in total. The van der Waals surface area contributed by atoms with Crippen molar-refractivity contribution >= 4 is 23.5 Å². The average molecular weight is 348 g/mol. The van der Waals surface area contributed by atoms with Crippen molar-refractivity contribution in [2.45, 2.75) is 37.8 Å². The number of carbonyl (C=O) groups is 2. The molecular weight excluding hydrogens is 326 g/mol. The van der Waals surface area contributed by atoms with Crippen molar-refractivity contribution in [3.05, 3.63) is 59.7 Å². The fraction of sp³-hybridized carbons (Fsp3) is 0.368. The highest BCUT2D eigenvalue weighted by Gasteiger charge is 2.33. The highest BCUT2D eigenvalue weighted by molar-refractivity contribution is 6.30. The topological polar surface area (TPSA) is 46.6 Å². The Hall–Kier alpha value is -2.07. The third-order valence-electron chi connectivity index (χ3n) is 4.19. The molecular formula is C19H22ClNO3. The maximum Gasteiger partial charge on any atom is 0.330 e. The van der Waals surface area contributed by atoms with Crippen molar-refractivity contribution < 1.29 is 14.3 Å². The molecule has 0 aromatic heterocycles. The van der Waals surface area contributed by atoms with E-state index in [0.717, 1.165) is 24.8 Å². The lowest BCUT2D eigenvalue weighted by atomic mass is 9.90. The predicted octanol–water partition coefficient (Wildman–Crippen LogP) is 4.07. The second-order valence-electron chi connectivity index (χ2n) is 5.74. The first-order chi connectivity index (χ1) is 11.6. The molecule has 128 valence electrons. The van der Waals surface area contributed by atoms with Crippen LogP contribution in [0.1, 0.15) is 37.3 Å². The number of piperidine rings is 1. The lowest BCUT2D eigenvalue weighted by Gasteiger charge is -2.41. The maximum absolute atomic E-state index is 12.7. The van der Waals surface area contributed by atoms with E-state index in [4.69, 9.17) is 11.6 Å². The van der Waals surface area contributed by atoms with Crippen LogP contribution >= 0.6 is 11.6 Å².